The minimum Gasteiger partial charge on any atom is -0.619 e. The lowest BCUT2D eigenvalue weighted by molar-refractivity contribution is -0.605. The maximum absolute atomic E-state index is 10.6. The largest absolute Gasteiger partial charge is 0.619 e. The van der Waals surface area contributed by atoms with E-state index in [9.17, 15) is 15.6 Å². The van der Waals surface area contributed by atoms with E-state index in [1.807, 2.05) is 13.8 Å². The number of nitrogens with one attached hydrogen (secondary N) is 1. The molecule has 0 aromatic carbocycles. The molecule has 0 radical (unpaired) electrons. The van der Waals surface area contributed by atoms with Crippen LogP contribution in [-0.2, 0) is 0 Å². The SMILES string of the molecule is Cc1c(Cl)c[n+]([O-])cc1Cl.Cc1c(Cl)c[n+]([O-])cc1Cl.Cc1c(Cl)c[n+]([O-])cc1Cl.Cc1c(Cl)cncc1Cl.Cc1c(Cl)cncc1Cl.N=c1c(Cl)cn(O)cc1Cl.Nc1c(Cl)cncc1Cl. The zero-order chi connectivity index (χ0) is 51.5. The molecule has 7 aromatic rings. The summed E-state index contributed by atoms with van der Waals surface area (Å²) in [6, 6.07) is 0. The highest BCUT2D eigenvalue weighted by atomic mass is 35.5. The van der Waals surface area contributed by atoms with Crippen molar-refractivity contribution < 1.29 is 19.4 Å². The third-order valence-corrected chi connectivity index (χ3v) is 12.6. The molecule has 0 aliphatic rings. The van der Waals surface area contributed by atoms with Gasteiger partial charge < -0.3 is 26.6 Å². The molecule has 0 fully saturated rings. The summed E-state index contributed by atoms with van der Waals surface area (Å²) in [6.45, 7) is 8.97. The van der Waals surface area contributed by atoms with Crippen molar-refractivity contribution >= 4 is 168 Å². The molecule has 0 unspecified atom stereocenters. The summed E-state index contributed by atoms with van der Waals surface area (Å²) in [4.78, 5) is 11.3. The van der Waals surface area contributed by atoms with Gasteiger partial charge in [-0.1, -0.05) is 162 Å². The van der Waals surface area contributed by atoms with Gasteiger partial charge in [-0.25, -0.2) is 0 Å². The van der Waals surface area contributed by atoms with Crippen LogP contribution in [-0.4, -0.2) is 24.9 Å². The standard InChI is InChI=1S/3C6H5Cl2NO.2C6H5Cl2N.C5H4Cl2N2O.C5H4Cl2N2/c3*1-4-5(7)2-9(10)3-6(4)8;2*1-4-5(7)2-9-3-6(4)8;6-3-1-9(10)2-4(7)5(3)8;6-3-1-9-2-4(7)5(3)8/h3*2-3H,1H3;2*2-3H,1H3;1-2,8,10H;1-2H,(H2,8,9). The van der Waals surface area contributed by atoms with Gasteiger partial charge in [0.25, 0.3) is 0 Å². The van der Waals surface area contributed by atoms with Crippen molar-refractivity contribution in [3.05, 3.63) is 206 Å². The minimum atomic E-state index is 0.0219. The third kappa shape index (κ3) is 22.0. The Morgan fingerprint density at radius 3 is 0.791 bits per heavy atom. The molecule has 0 spiro atoms. The van der Waals surface area contributed by atoms with E-state index in [-0.39, 0.29) is 15.4 Å². The lowest BCUT2D eigenvalue weighted by Gasteiger charge is -1.99. The number of nitrogens with two attached hydrogens (primary N) is 1. The van der Waals surface area contributed by atoms with Gasteiger partial charge in [0, 0.05) is 37.2 Å². The summed E-state index contributed by atoms with van der Waals surface area (Å²) >= 11 is 78.4. The second kappa shape index (κ2) is 30.5. The molecule has 7 rings (SSSR count). The smallest absolute Gasteiger partial charge is 0.199 e. The molecule has 13 nitrogen and oxygen atoms in total. The fraction of sp³-hybridized carbons (Fsp3) is 0.125. The molecule has 0 atom stereocenters. The molecule has 4 N–H and O–H groups in total. The second-order valence-electron chi connectivity index (χ2n) is 12.5. The van der Waals surface area contributed by atoms with Crippen molar-refractivity contribution in [2.24, 2.45) is 0 Å². The van der Waals surface area contributed by atoms with Crippen LogP contribution in [0.3, 0.4) is 0 Å². The molecule has 7 heterocycles. The van der Waals surface area contributed by atoms with E-state index >= 15 is 0 Å². The highest BCUT2D eigenvalue weighted by Crippen LogP contribution is 2.25. The number of rotatable bonds is 0. The van der Waals surface area contributed by atoms with Gasteiger partial charge in [0.05, 0.1) is 63.6 Å². The zero-order valence-corrected chi connectivity index (χ0v) is 45.3. The highest BCUT2D eigenvalue weighted by Gasteiger charge is 2.07. The van der Waals surface area contributed by atoms with E-state index in [1.54, 1.807) is 45.6 Å². The summed E-state index contributed by atoms with van der Waals surface area (Å²) < 4.78 is 2.45. The lowest BCUT2D eigenvalue weighted by Crippen LogP contribution is -2.24. The molecule has 360 valence electrons. The van der Waals surface area contributed by atoms with Crippen LogP contribution in [0.5, 0.6) is 0 Å². The average molecular weight is 1200 g/mol. The zero-order valence-electron chi connectivity index (χ0n) is 34.8. The molecule has 0 bridgehead atoms. The van der Waals surface area contributed by atoms with Gasteiger partial charge in [0.1, 0.15) is 30.1 Å². The summed E-state index contributed by atoms with van der Waals surface area (Å²) in [6.07, 6.45) is 19.2. The maximum Gasteiger partial charge on any atom is 0.199 e. The van der Waals surface area contributed by atoms with E-state index < -0.39 is 0 Å². The number of hydrogen-bond donors (Lipinski definition) is 3. The van der Waals surface area contributed by atoms with Gasteiger partial charge in [-0.2, -0.15) is 18.9 Å². The lowest BCUT2D eigenvalue weighted by atomic mass is 10.3. The van der Waals surface area contributed by atoms with Crippen LogP contribution in [0.25, 0.3) is 0 Å². The second-order valence-corrected chi connectivity index (χ2v) is 18.2. The van der Waals surface area contributed by atoms with Gasteiger partial charge >= 0.3 is 0 Å². The topological polar surface area (TPSA) is 195 Å². The van der Waals surface area contributed by atoms with E-state index in [1.165, 1.54) is 62.0 Å². The van der Waals surface area contributed by atoms with Crippen LogP contribution < -0.4 is 25.3 Å². The number of nitrogen functional groups attached to an aromatic ring is 1. The van der Waals surface area contributed by atoms with Crippen molar-refractivity contribution in [2.75, 3.05) is 5.73 Å². The first-order valence-electron chi connectivity index (χ1n) is 17.6. The summed E-state index contributed by atoms with van der Waals surface area (Å²) in [7, 11) is 0. The van der Waals surface area contributed by atoms with Crippen LogP contribution in [0.4, 0.5) is 5.69 Å². The van der Waals surface area contributed by atoms with Crippen LogP contribution in [0.1, 0.15) is 27.8 Å². The summed E-state index contributed by atoms with van der Waals surface area (Å²) in [5.41, 5.74) is 9.72. The number of halogens is 14. The Hall–Kier alpha value is -3.09. The highest BCUT2D eigenvalue weighted by molar-refractivity contribution is 6.39. The van der Waals surface area contributed by atoms with Gasteiger partial charge in [-0.05, 0) is 62.4 Å². The van der Waals surface area contributed by atoms with Crippen molar-refractivity contribution in [1.82, 2.24) is 19.7 Å². The third-order valence-electron chi connectivity index (χ3n) is 7.64. The Kier molecular flexibility index (Phi) is 28.2. The monoisotopic (exact) mass is 1190 g/mol. The van der Waals surface area contributed by atoms with E-state index in [0.29, 0.717) is 84.9 Å². The Bertz CT molecular complexity index is 2420. The van der Waals surface area contributed by atoms with Crippen molar-refractivity contribution in [3.63, 3.8) is 0 Å². The Morgan fingerprint density at radius 2 is 0.597 bits per heavy atom. The summed E-state index contributed by atoms with van der Waals surface area (Å²) in [5, 5.41) is 53.6. The van der Waals surface area contributed by atoms with E-state index in [0.717, 1.165) is 27.8 Å². The van der Waals surface area contributed by atoms with Gasteiger partial charge in [0.15, 0.2) is 37.2 Å². The number of hydrogen-bond acceptors (Lipinski definition) is 9. The number of pyridine rings is 7. The number of nitrogens with zero attached hydrogens (tertiary/aromatic N) is 7. The van der Waals surface area contributed by atoms with Crippen molar-refractivity contribution in [2.45, 2.75) is 34.6 Å². The predicted molar refractivity (Wildman–Crippen MR) is 275 cm³/mol. The molecule has 7 aromatic heterocycles. The molecule has 0 saturated carbocycles. The molecular formula is C40H33Cl14N9O4. The normalized spacial score (nSPS) is 9.78. The van der Waals surface area contributed by atoms with Crippen molar-refractivity contribution in [3.8, 4) is 0 Å². The first-order valence-corrected chi connectivity index (χ1v) is 22.9. The van der Waals surface area contributed by atoms with Crippen LogP contribution in [0.2, 0.25) is 70.3 Å². The molecule has 0 aliphatic heterocycles. The molecule has 0 aliphatic carbocycles. The Labute approximate surface area is 454 Å². The molecular weight excluding hydrogens is 1170 g/mol. The van der Waals surface area contributed by atoms with Crippen LogP contribution in [0.15, 0.2) is 86.8 Å². The van der Waals surface area contributed by atoms with Gasteiger partial charge in [-0.3, -0.25) is 20.4 Å². The fourth-order valence-electron chi connectivity index (χ4n) is 3.59. The predicted octanol–water partition coefficient (Wildman–Crippen LogP) is 14.7. The Morgan fingerprint density at radius 1 is 0.403 bits per heavy atom. The molecule has 0 amide bonds. The fourth-order valence-corrected chi connectivity index (χ4v) is 6.47. The van der Waals surface area contributed by atoms with Crippen LogP contribution in [0, 0.1) is 55.6 Å². The van der Waals surface area contributed by atoms with Gasteiger partial charge in [-0.15, -0.1) is 0 Å². The molecule has 27 heteroatoms. The minimum absolute atomic E-state index is 0.0219. The summed E-state index contributed by atoms with van der Waals surface area (Å²) in [5.74, 6) is 0. The quantitative estimate of drug-likeness (QED) is 0.0758. The number of aromatic nitrogens is 7. The maximum atomic E-state index is 10.6. The molecule has 67 heavy (non-hydrogen) atoms. The van der Waals surface area contributed by atoms with E-state index in [4.69, 9.17) is 179 Å². The van der Waals surface area contributed by atoms with Gasteiger partial charge in [0.2, 0.25) is 0 Å². The van der Waals surface area contributed by atoms with Crippen molar-refractivity contribution in [1.29, 1.82) is 5.41 Å². The first-order chi connectivity index (χ1) is 31.1. The molecule has 0 saturated heterocycles. The van der Waals surface area contributed by atoms with E-state index in [2.05, 4.69) is 15.0 Å². The average Bonchev–Trinajstić information content (AvgIpc) is 3.24. The Balaban J connectivity index is 0.000000391. The van der Waals surface area contributed by atoms with Crippen LogP contribution >= 0.6 is 162 Å². The first kappa shape index (κ1) is 61.9. The number of anilines is 1.